The van der Waals surface area contributed by atoms with Crippen molar-refractivity contribution in [3.63, 3.8) is 0 Å². The van der Waals surface area contributed by atoms with Crippen molar-refractivity contribution in [1.82, 2.24) is 0 Å². The number of ether oxygens (including phenoxy) is 1. The molecule has 1 radical (unpaired) electrons. The van der Waals surface area contributed by atoms with Crippen LogP contribution in [0.15, 0.2) is 0 Å². The van der Waals surface area contributed by atoms with Gasteiger partial charge in [0.25, 0.3) is 0 Å². The van der Waals surface area contributed by atoms with Gasteiger partial charge in [-0.3, -0.25) is 0 Å². The molecule has 2 nitrogen and oxygen atoms in total. The van der Waals surface area contributed by atoms with E-state index in [9.17, 15) is 4.55 Å². The van der Waals surface area contributed by atoms with Crippen molar-refractivity contribution in [3.05, 3.63) is 0 Å². The minimum absolute atomic E-state index is 0.387. The third-order valence-electron chi connectivity index (χ3n) is 1.73. The first-order chi connectivity index (χ1) is 4.33. The van der Waals surface area contributed by atoms with Crippen molar-refractivity contribution < 1.29 is 9.29 Å². The van der Waals surface area contributed by atoms with Crippen LogP contribution in [0.2, 0.25) is 0 Å². The number of hydrogen-bond acceptors (Lipinski definition) is 1. The average Bonchev–Trinajstić information content (AvgIpc) is 1.90. The summed E-state index contributed by atoms with van der Waals surface area (Å²) >= 11 is -0.854. The van der Waals surface area contributed by atoms with Crippen LogP contribution in [0.25, 0.3) is 0 Å². The Kier molecular flexibility index (Phi) is 2.82. The summed E-state index contributed by atoms with van der Waals surface area (Å²) in [5.74, 6) is 1.74. The summed E-state index contributed by atoms with van der Waals surface area (Å²) in [6.07, 6.45) is 2.37. The first kappa shape index (κ1) is 7.38. The zero-order valence-corrected chi connectivity index (χ0v) is 6.56. The number of hydrogen-bond donors (Lipinski definition) is 1. The molecule has 0 unspecified atom stereocenters. The fourth-order valence-corrected chi connectivity index (χ4v) is 2.44. The molecule has 9 heavy (non-hydrogen) atoms. The van der Waals surface area contributed by atoms with Gasteiger partial charge in [-0.15, -0.1) is 11.2 Å². The van der Waals surface area contributed by atoms with Crippen LogP contribution in [-0.4, -0.2) is 24.7 Å². The van der Waals surface area contributed by atoms with Crippen LogP contribution in [0.4, 0.5) is 0 Å². The first-order valence-electron chi connectivity index (χ1n) is 3.28. The fraction of sp³-hybridized carbons (Fsp3) is 1.00. The summed E-state index contributed by atoms with van der Waals surface area (Å²) in [5.41, 5.74) is 0. The van der Waals surface area contributed by atoms with E-state index in [1.165, 1.54) is 0 Å². The normalized spacial score (nSPS) is 40.7. The second-order valence-electron chi connectivity index (χ2n) is 2.36. The number of rotatable bonds is 1. The molecule has 1 rings (SSSR count). The molecule has 1 aliphatic rings. The summed E-state index contributed by atoms with van der Waals surface area (Å²) < 4.78 is 15.9. The molecule has 0 bridgehead atoms. The first-order valence-corrected chi connectivity index (χ1v) is 4.91. The molecule has 1 heterocycles. The molecule has 0 spiro atoms. The molecule has 0 amide bonds. The molecule has 55 valence electrons. The van der Waals surface area contributed by atoms with Crippen LogP contribution in [0.3, 0.4) is 0 Å². The quantitative estimate of drug-likeness (QED) is 0.557. The molecular weight excluding hydrogens is 136 g/mol. The monoisotopic (exact) mass is 149 g/mol. The molecule has 0 aliphatic carbocycles. The van der Waals surface area contributed by atoms with E-state index in [-0.39, 0.29) is 0 Å². The molecule has 0 N–H and O–H groups in total. The van der Waals surface area contributed by atoms with Gasteiger partial charge in [-0.1, -0.05) is 0 Å². The van der Waals surface area contributed by atoms with E-state index in [4.69, 9.17) is 4.74 Å². The standard InChI is InChI=1S/C6H13O2S/c1-8-6-2-4-9(7)5-3-6/h6,9H,2-5H2,1H3. The lowest BCUT2D eigenvalue weighted by atomic mass is 10.2. The van der Waals surface area contributed by atoms with Crippen molar-refractivity contribution in [2.45, 2.75) is 18.9 Å². The predicted octanol–water partition coefficient (Wildman–Crippen LogP) is 1.14. The van der Waals surface area contributed by atoms with Gasteiger partial charge in [-0.2, -0.15) is 4.55 Å². The Balaban J connectivity index is 2.18. The van der Waals surface area contributed by atoms with Gasteiger partial charge in [0.05, 0.1) is 6.10 Å². The summed E-state index contributed by atoms with van der Waals surface area (Å²) in [6, 6.07) is 0. The number of methoxy groups -OCH3 is 1. The van der Waals surface area contributed by atoms with Gasteiger partial charge in [-0.05, 0) is 12.8 Å². The average molecular weight is 149 g/mol. The van der Waals surface area contributed by atoms with Gasteiger partial charge in [-0.25, -0.2) is 0 Å². The van der Waals surface area contributed by atoms with Gasteiger partial charge in [0.2, 0.25) is 0 Å². The Morgan fingerprint density at radius 3 is 2.44 bits per heavy atom. The SMILES string of the molecule is COC1CC[SH]([O])CC1. The summed E-state index contributed by atoms with van der Waals surface area (Å²) in [5, 5.41) is 0. The Bertz CT molecular complexity index is 79.1. The molecule has 1 saturated heterocycles. The van der Waals surface area contributed by atoms with Crippen LogP contribution in [-0.2, 0) is 9.29 Å². The maximum atomic E-state index is 10.8. The van der Waals surface area contributed by atoms with Crippen LogP contribution in [0.1, 0.15) is 12.8 Å². The fourth-order valence-electron chi connectivity index (χ4n) is 1.07. The maximum absolute atomic E-state index is 10.8. The summed E-state index contributed by atoms with van der Waals surface area (Å²) in [4.78, 5) is 0. The van der Waals surface area contributed by atoms with Crippen molar-refractivity contribution in [2.75, 3.05) is 18.6 Å². The summed E-state index contributed by atoms with van der Waals surface area (Å²) in [7, 11) is 1.73. The molecule has 0 aromatic heterocycles. The zero-order valence-electron chi connectivity index (χ0n) is 5.67. The molecule has 3 heteroatoms. The molecular formula is C6H13O2S. The van der Waals surface area contributed by atoms with Gasteiger partial charge < -0.3 is 4.74 Å². The third-order valence-corrected chi connectivity index (χ3v) is 3.25. The minimum Gasteiger partial charge on any atom is -0.381 e. The Labute approximate surface area is 58.8 Å². The number of thiol groups is 1. The largest absolute Gasteiger partial charge is 0.381 e. The topological polar surface area (TPSA) is 29.1 Å². The minimum atomic E-state index is -0.854. The third kappa shape index (κ3) is 2.16. The highest BCUT2D eigenvalue weighted by molar-refractivity contribution is 8.11. The van der Waals surface area contributed by atoms with Crippen LogP contribution >= 0.6 is 11.2 Å². The van der Waals surface area contributed by atoms with Gasteiger partial charge in [0, 0.05) is 18.6 Å². The Hall–Kier alpha value is 0.270. The van der Waals surface area contributed by atoms with Gasteiger partial charge in [0.15, 0.2) is 0 Å². The van der Waals surface area contributed by atoms with E-state index < -0.39 is 11.2 Å². The van der Waals surface area contributed by atoms with E-state index in [1.54, 1.807) is 7.11 Å². The van der Waals surface area contributed by atoms with Gasteiger partial charge in [0.1, 0.15) is 0 Å². The van der Waals surface area contributed by atoms with Crippen molar-refractivity contribution in [3.8, 4) is 0 Å². The highest BCUT2D eigenvalue weighted by atomic mass is 32.2. The molecule has 0 aromatic rings. The zero-order chi connectivity index (χ0) is 6.69. The van der Waals surface area contributed by atoms with Crippen molar-refractivity contribution in [2.24, 2.45) is 0 Å². The van der Waals surface area contributed by atoms with Crippen LogP contribution in [0.5, 0.6) is 0 Å². The lowest BCUT2D eigenvalue weighted by Gasteiger charge is -2.24. The molecule has 1 aliphatic heterocycles. The molecule has 0 atom stereocenters. The van der Waals surface area contributed by atoms with E-state index >= 15 is 0 Å². The van der Waals surface area contributed by atoms with E-state index in [0.717, 1.165) is 24.3 Å². The van der Waals surface area contributed by atoms with E-state index in [2.05, 4.69) is 0 Å². The summed E-state index contributed by atoms with van der Waals surface area (Å²) in [6.45, 7) is 0. The lowest BCUT2D eigenvalue weighted by molar-refractivity contribution is 0.0946. The Morgan fingerprint density at radius 2 is 2.00 bits per heavy atom. The van der Waals surface area contributed by atoms with Crippen LogP contribution < -0.4 is 0 Å². The second-order valence-corrected chi connectivity index (χ2v) is 4.22. The van der Waals surface area contributed by atoms with Crippen molar-refractivity contribution in [1.29, 1.82) is 0 Å². The van der Waals surface area contributed by atoms with Crippen LogP contribution in [0, 0.1) is 0 Å². The highest BCUT2D eigenvalue weighted by Crippen LogP contribution is 2.30. The van der Waals surface area contributed by atoms with E-state index in [1.807, 2.05) is 0 Å². The van der Waals surface area contributed by atoms with E-state index in [0.29, 0.717) is 6.10 Å². The second kappa shape index (κ2) is 3.44. The van der Waals surface area contributed by atoms with Gasteiger partial charge >= 0.3 is 0 Å². The predicted molar refractivity (Wildman–Crippen MR) is 39.4 cm³/mol. The molecule has 1 fully saturated rings. The molecule has 0 saturated carbocycles. The lowest BCUT2D eigenvalue weighted by Crippen LogP contribution is -2.19. The highest BCUT2D eigenvalue weighted by Gasteiger charge is 2.16. The Morgan fingerprint density at radius 1 is 1.44 bits per heavy atom. The molecule has 0 aromatic carbocycles. The smallest absolute Gasteiger partial charge is 0.0587 e. The van der Waals surface area contributed by atoms with Crippen molar-refractivity contribution >= 4 is 11.2 Å². The maximum Gasteiger partial charge on any atom is 0.0587 e.